The SMILES string of the molecule is CCC(C)(C)C(=O)OCC(C)C.CCC(C)(C)C(=O)OCC(C)C. The van der Waals surface area contributed by atoms with Gasteiger partial charge in [-0.15, -0.1) is 0 Å². The second-order valence-electron chi connectivity index (χ2n) is 8.46. The maximum atomic E-state index is 11.4. The smallest absolute Gasteiger partial charge is 0.311 e. The molecular weight excluding hydrogens is 304 g/mol. The molecule has 0 unspecified atom stereocenters. The molecule has 0 fully saturated rings. The van der Waals surface area contributed by atoms with Gasteiger partial charge in [0.25, 0.3) is 0 Å². The standard InChI is InChI=1S/2C10H20O2/c2*1-6-10(4,5)9(11)12-7-8(2)3/h2*8H,6-7H2,1-5H3. The Kier molecular flexibility index (Phi) is 12.1. The molecule has 0 saturated heterocycles. The van der Waals surface area contributed by atoms with Gasteiger partial charge in [-0.3, -0.25) is 9.59 Å². The van der Waals surface area contributed by atoms with Gasteiger partial charge < -0.3 is 9.47 Å². The average molecular weight is 345 g/mol. The molecule has 0 aromatic rings. The average Bonchev–Trinajstić information content (AvgIpc) is 2.50. The van der Waals surface area contributed by atoms with E-state index in [1.807, 2.05) is 69.2 Å². The van der Waals surface area contributed by atoms with E-state index in [1.54, 1.807) is 0 Å². The van der Waals surface area contributed by atoms with Gasteiger partial charge in [-0.2, -0.15) is 0 Å². The molecule has 144 valence electrons. The minimum Gasteiger partial charge on any atom is -0.465 e. The number of ether oxygens (including phenoxy) is 2. The molecule has 0 spiro atoms. The number of esters is 2. The Labute approximate surface area is 149 Å². The van der Waals surface area contributed by atoms with Crippen LogP contribution in [0.1, 0.15) is 82.1 Å². The molecule has 0 aliphatic rings. The molecule has 0 saturated carbocycles. The maximum absolute atomic E-state index is 11.4. The van der Waals surface area contributed by atoms with Crippen LogP contribution in [-0.4, -0.2) is 25.2 Å². The van der Waals surface area contributed by atoms with Crippen LogP contribution in [0.25, 0.3) is 0 Å². The number of hydrogen-bond acceptors (Lipinski definition) is 4. The van der Waals surface area contributed by atoms with Crippen molar-refractivity contribution in [2.45, 2.75) is 82.1 Å². The lowest BCUT2D eigenvalue weighted by molar-refractivity contribution is -0.155. The van der Waals surface area contributed by atoms with Crippen LogP contribution in [0.15, 0.2) is 0 Å². The van der Waals surface area contributed by atoms with E-state index in [2.05, 4.69) is 0 Å². The fourth-order valence-corrected chi connectivity index (χ4v) is 1.16. The van der Waals surface area contributed by atoms with Crippen LogP contribution in [-0.2, 0) is 19.1 Å². The summed E-state index contributed by atoms with van der Waals surface area (Å²) in [5.74, 6) is 0.667. The third-order valence-corrected chi connectivity index (χ3v) is 3.97. The second-order valence-corrected chi connectivity index (χ2v) is 8.46. The lowest BCUT2D eigenvalue weighted by atomic mass is 9.91. The highest BCUT2D eigenvalue weighted by Crippen LogP contribution is 2.22. The Hall–Kier alpha value is -1.06. The van der Waals surface area contributed by atoms with Gasteiger partial charge in [0.2, 0.25) is 0 Å². The first-order chi connectivity index (χ1) is 10.8. The molecule has 0 amide bonds. The van der Waals surface area contributed by atoms with Crippen molar-refractivity contribution in [3.8, 4) is 0 Å². The Balaban J connectivity index is 0. The van der Waals surface area contributed by atoms with Crippen LogP contribution < -0.4 is 0 Å². The molecule has 0 aliphatic carbocycles. The third kappa shape index (κ3) is 11.5. The lowest BCUT2D eigenvalue weighted by Crippen LogP contribution is -2.26. The van der Waals surface area contributed by atoms with Gasteiger partial charge in [-0.25, -0.2) is 0 Å². The summed E-state index contributed by atoms with van der Waals surface area (Å²) in [6.45, 7) is 20.8. The van der Waals surface area contributed by atoms with E-state index in [0.29, 0.717) is 25.0 Å². The normalized spacial score (nSPS) is 11.8. The fraction of sp³-hybridized carbons (Fsp3) is 0.900. The molecule has 0 atom stereocenters. The van der Waals surface area contributed by atoms with Crippen LogP contribution in [0.2, 0.25) is 0 Å². The van der Waals surface area contributed by atoms with Crippen molar-refractivity contribution in [2.75, 3.05) is 13.2 Å². The predicted octanol–water partition coefficient (Wildman–Crippen LogP) is 5.24. The van der Waals surface area contributed by atoms with Gasteiger partial charge in [0, 0.05) is 0 Å². The molecule has 0 bridgehead atoms. The topological polar surface area (TPSA) is 52.6 Å². The molecule has 0 rings (SSSR count). The zero-order chi connectivity index (χ0) is 19.6. The molecule has 0 heterocycles. The van der Waals surface area contributed by atoms with Gasteiger partial charge in [-0.05, 0) is 52.4 Å². The molecular formula is C20H40O4. The predicted molar refractivity (Wildman–Crippen MR) is 99.7 cm³/mol. The molecule has 4 nitrogen and oxygen atoms in total. The highest BCUT2D eigenvalue weighted by atomic mass is 16.5. The summed E-state index contributed by atoms with van der Waals surface area (Å²) in [5, 5.41) is 0. The van der Waals surface area contributed by atoms with E-state index >= 15 is 0 Å². The Bertz CT molecular complexity index is 332. The largest absolute Gasteiger partial charge is 0.465 e. The summed E-state index contributed by atoms with van der Waals surface area (Å²) in [5.41, 5.74) is -0.649. The molecule has 0 aromatic carbocycles. The van der Waals surface area contributed by atoms with E-state index in [1.165, 1.54) is 0 Å². The number of carbonyl (C=O) groups excluding carboxylic acids is 2. The first-order valence-corrected chi connectivity index (χ1v) is 9.14. The monoisotopic (exact) mass is 344 g/mol. The van der Waals surface area contributed by atoms with Gasteiger partial charge in [0.05, 0.1) is 24.0 Å². The highest BCUT2D eigenvalue weighted by Gasteiger charge is 2.27. The van der Waals surface area contributed by atoms with E-state index in [-0.39, 0.29) is 22.8 Å². The molecule has 0 N–H and O–H groups in total. The summed E-state index contributed by atoms with van der Waals surface area (Å²) in [6, 6.07) is 0. The van der Waals surface area contributed by atoms with E-state index < -0.39 is 0 Å². The third-order valence-electron chi connectivity index (χ3n) is 3.97. The summed E-state index contributed by atoms with van der Waals surface area (Å²) in [4.78, 5) is 22.8. The summed E-state index contributed by atoms with van der Waals surface area (Å²) >= 11 is 0. The van der Waals surface area contributed by atoms with E-state index in [9.17, 15) is 9.59 Å². The zero-order valence-electron chi connectivity index (χ0n) is 17.6. The second kappa shape index (κ2) is 11.5. The number of rotatable bonds is 8. The molecule has 0 aromatic heterocycles. The van der Waals surface area contributed by atoms with Crippen LogP contribution >= 0.6 is 0 Å². The van der Waals surface area contributed by atoms with Gasteiger partial charge in [0.15, 0.2) is 0 Å². The molecule has 24 heavy (non-hydrogen) atoms. The Morgan fingerprint density at radius 3 is 1.12 bits per heavy atom. The van der Waals surface area contributed by atoms with Crippen molar-refractivity contribution in [2.24, 2.45) is 22.7 Å². The summed E-state index contributed by atoms with van der Waals surface area (Å²) in [7, 11) is 0. The highest BCUT2D eigenvalue weighted by molar-refractivity contribution is 5.76. The van der Waals surface area contributed by atoms with Crippen molar-refractivity contribution in [1.29, 1.82) is 0 Å². The van der Waals surface area contributed by atoms with Gasteiger partial charge in [0.1, 0.15) is 0 Å². The zero-order valence-corrected chi connectivity index (χ0v) is 17.6. The first kappa shape index (κ1) is 25.2. The van der Waals surface area contributed by atoms with Crippen molar-refractivity contribution in [1.82, 2.24) is 0 Å². The van der Waals surface area contributed by atoms with Crippen LogP contribution in [0.5, 0.6) is 0 Å². The number of carbonyl (C=O) groups is 2. The fourth-order valence-electron chi connectivity index (χ4n) is 1.16. The van der Waals surface area contributed by atoms with E-state index in [0.717, 1.165) is 12.8 Å². The quantitative estimate of drug-likeness (QED) is 0.565. The van der Waals surface area contributed by atoms with Crippen molar-refractivity contribution in [3.63, 3.8) is 0 Å². The van der Waals surface area contributed by atoms with Gasteiger partial charge >= 0.3 is 11.9 Å². The van der Waals surface area contributed by atoms with E-state index in [4.69, 9.17) is 9.47 Å². The summed E-state index contributed by atoms with van der Waals surface area (Å²) in [6.07, 6.45) is 1.65. The van der Waals surface area contributed by atoms with Crippen LogP contribution in [0, 0.1) is 22.7 Å². The van der Waals surface area contributed by atoms with Crippen molar-refractivity contribution < 1.29 is 19.1 Å². The Morgan fingerprint density at radius 1 is 0.708 bits per heavy atom. The first-order valence-electron chi connectivity index (χ1n) is 9.14. The van der Waals surface area contributed by atoms with Crippen LogP contribution in [0.4, 0.5) is 0 Å². The molecule has 4 heteroatoms. The summed E-state index contributed by atoms with van der Waals surface area (Å²) < 4.78 is 10.2. The minimum atomic E-state index is -0.325. The minimum absolute atomic E-state index is 0.0845. The van der Waals surface area contributed by atoms with Crippen LogP contribution in [0.3, 0.4) is 0 Å². The van der Waals surface area contributed by atoms with Crippen molar-refractivity contribution >= 4 is 11.9 Å². The number of hydrogen-bond donors (Lipinski definition) is 0. The Morgan fingerprint density at radius 2 is 0.958 bits per heavy atom. The molecule has 0 aliphatic heterocycles. The van der Waals surface area contributed by atoms with Crippen molar-refractivity contribution in [3.05, 3.63) is 0 Å². The van der Waals surface area contributed by atoms with Gasteiger partial charge in [-0.1, -0.05) is 41.5 Å². The maximum Gasteiger partial charge on any atom is 0.311 e. The molecule has 0 radical (unpaired) electrons. The lowest BCUT2D eigenvalue weighted by Gasteiger charge is -2.20.